The summed E-state index contributed by atoms with van der Waals surface area (Å²) in [5, 5.41) is 0. The number of aryl methyl sites for hydroxylation is 1. The summed E-state index contributed by atoms with van der Waals surface area (Å²) in [5.74, 6) is -0.232. The van der Waals surface area contributed by atoms with Crippen LogP contribution >= 0.6 is 15.9 Å². The molecule has 0 fully saturated rings. The molecule has 0 saturated carbocycles. The first-order chi connectivity index (χ1) is 10.7. The van der Waals surface area contributed by atoms with Gasteiger partial charge in [-0.2, -0.15) is 8.42 Å². The largest absolute Gasteiger partial charge is 0.477 e. The summed E-state index contributed by atoms with van der Waals surface area (Å²) in [6, 6.07) is 6.37. The van der Waals surface area contributed by atoms with Crippen molar-refractivity contribution in [3.8, 4) is 0 Å². The third-order valence-corrected chi connectivity index (χ3v) is 5.33. The maximum absolute atomic E-state index is 12.4. The normalized spacial score (nSPS) is 13.5. The van der Waals surface area contributed by atoms with Crippen molar-refractivity contribution in [1.82, 2.24) is 0 Å². The number of sulfonamides is 1. The number of hydrogen-bond acceptors (Lipinski definition) is 4. The van der Waals surface area contributed by atoms with E-state index < -0.39 is 10.0 Å². The van der Waals surface area contributed by atoms with Crippen LogP contribution in [0.25, 0.3) is 0 Å². The Labute approximate surface area is 145 Å². The Hall–Kier alpha value is -1.47. The molecular weight excluding hydrogens is 382 g/mol. The minimum Gasteiger partial charge on any atom is -0.477 e. The van der Waals surface area contributed by atoms with Crippen molar-refractivity contribution in [3.63, 3.8) is 0 Å². The number of allylic oxidation sites excluding steroid dienone is 1. The molecule has 0 atom stereocenters. The summed E-state index contributed by atoms with van der Waals surface area (Å²) in [6.45, 7) is 7.14. The smallest absolute Gasteiger partial charge is 0.285 e. The van der Waals surface area contributed by atoms with Crippen molar-refractivity contribution in [1.29, 1.82) is 0 Å². The molecule has 1 aromatic carbocycles. The van der Waals surface area contributed by atoms with E-state index in [1.165, 1.54) is 12.1 Å². The van der Waals surface area contributed by atoms with Gasteiger partial charge in [0.15, 0.2) is 5.78 Å². The van der Waals surface area contributed by atoms with Crippen LogP contribution in [-0.4, -0.2) is 26.7 Å². The summed E-state index contributed by atoms with van der Waals surface area (Å²) in [4.78, 5) is 11.8. The molecule has 0 N–H and O–H groups in total. The summed E-state index contributed by atoms with van der Waals surface area (Å²) < 4.78 is 34.2. The molecule has 126 valence electrons. The molecule has 23 heavy (non-hydrogen) atoms. The Morgan fingerprint density at radius 2 is 1.78 bits per heavy atom. The molecule has 1 aromatic rings. The minimum absolute atomic E-state index is 0.0750. The highest BCUT2D eigenvalue weighted by Gasteiger charge is 2.19. The molecule has 7 heteroatoms. The number of ether oxygens (including phenoxy) is 1. The van der Waals surface area contributed by atoms with Crippen molar-refractivity contribution < 1.29 is 17.9 Å². The van der Waals surface area contributed by atoms with Gasteiger partial charge in [0.05, 0.1) is 16.0 Å². The molecule has 0 aliphatic carbocycles. The number of ketones is 1. The summed E-state index contributed by atoms with van der Waals surface area (Å²) in [7, 11) is -3.91. The van der Waals surface area contributed by atoms with Crippen molar-refractivity contribution in [3.05, 3.63) is 39.9 Å². The lowest BCUT2D eigenvalue weighted by Gasteiger charge is -2.10. The number of carbonyl (C=O) groups is 1. The fourth-order valence-electron chi connectivity index (χ4n) is 1.67. The van der Waals surface area contributed by atoms with E-state index in [0.29, 0.717) is 12.0 Å². The third kappa shape index (κ3) is 5.28. The van der Waals surface area contributed by atoms with Crippen LogP contribution in [0.3, 0.4) is 0 Å². The monoisotopic (exact) mass is 401 g/mol. The van der Waals surface area contributed by atoms with Gasteiger partial charge in [0, 0.05) is 12.0 Å². The van der Waals surface area contributed by atoms with Crippen LogP contribution in [0.5, 0.6) is 0 Å². The number of halogens is 1. The number of benzene rings is 1. The van der Waals surface area contributed by atoms with E-state index in [1.807, 2.05) is 6.92 Å². The Morgan fingerprint density at radius 3 is 2.26 bits per heavy atom. The second kappa shape index (κ2) is 8.40. The van der Waals surface area contributed by atoms with E-state index in [1.54, 1.807) is 32.9 Å². The number of nitrogens with zero attached hydrogens (tertiary/aromatic N) is 1. The number of hydrogen-bond donors (Lipinski definition) is 0. The standard InChI is InChI=1S/C16H20BrNO4S/c1-5-14(19)15(17)12(4)16(22-6-2)18-23(20,21)13-9-7-11(3)8-10-13/h7-10H,5-6H2,1-4H3/b15-12+,18-16-. The van der Waals surface area contributed by atoms with Gasteiger partial charge in [0.1, 0.15) is 0 Å². The third-order valence-electron chi connectivity index (χ3n) is 3.02. The van der Waals surface area contributed by atoms with Crippen LogP contribution in [0.2, 0.25) is 0 Å². The maximum Gasteiger partial charge on any atom is 0.285 e. The highest BCUT2D eigenvalue weighted by Crippen LogP contribution is 2.20. The first kappa shape index (κ1) is 19.6. The van der Waals surface area contributed by atoms with Crippen LogP contribution in [0, 0.1) is 6.92 Å². The SMILES string of the molecule is CCOC(=N\S(=O)(=O)c1ccc(C)cc1)/C(C)=C(/Br)C(=O)CC. The Bertz CT molecular complexity index is 734. The minimum atomic E-state index is -3.91. The molecule has 0 saturated heterocycles. The van der Waals surface area contributed by atoms with Gasteiger partial charge in [-0.1, -0.05) is 24.6 Å². The lowest BCUT2D eigenvalue weighted by atomic mass is 10.2. The number of rotatable bonds is 6. The maximum atomic E-state index is 12.4. The van der Waals surface area contributed by atoms with Crippen molar-refractivity contribution in [2.24, 2.45) is 4.40 Å². The highest BCUT2D eigenvalue weighted by molar-refractivity contribution is 9.12. The van der Waals surface area contributed by atoms with E-state index in [0.717, 1.165) is 5.56 Å². The van der Waals surface area contributed by atoms with Gasteiger partial charge in [-0.15, -0.1) is 4.40 Å². The average molecular weight is 402 g/mol. The summed E-state index contributed by atoms with van der Waals surface area (Å²) in [5.41, 5.74) is 1.31. The van der Waals surface area contributed by atoms with Crippen LogP contribution in [-0.2, 0) is 19.6 Å². The zero-order valence-electron chi connectivity index (χ0n) is 13.6. The van der Waals surface area contributed by atoms with Gasteiger partial charge >= 0.3 is 0 Å². The van der Waals surface area contributed by atoms with Gasteiger partial charge in [0.25, 0.3) is 10.0 Å². The van der Waals surface area contributed by atoms with E-state index in [4.69, 9.17) is 4.74 Å². The van der Waals surface area contributed by atoms with Crippen LogP contribution < -0.4 is 0 Å². The van der Waals surface area contributed by atoms with Crippen molar-refractivity contribution >= 4 is 37.6 Å². The van der Waals surface area contributed by atoms with Crippen LogP contribution in [0.4, 0.5) is 0 Å². The van der Waals surface area contributed by atoms with Crippen molar-refractivity contribution in [2.45, 2.75) is 39.0 Å². The average Bonchev–Trinajstić information content (AvgIpc) is 2.52. The molecule has 0 spiro atoms. The van der Waals surface area contributed by atoms with Gasteiger partial charge in [-0.3, -0.25) is 4.79 Å². The molecule has 0 aromatic heterocycles. The topological polar surface area (TPSA) is 72.8 Å². The lowest BCUT2D eigenvalue weighted by molar-refractivity contribution is -0.114. The Kier molecular flexibility index (Phi) is 7.15. The summed E-state index contributed by atoms with van der Waals surface area (Å²) in [6.07, 6.45) is 0.294. The number of Topliss-reactive ketones (excluding diaryl/α,β-unsaturated/α-hetero) is 1. The molecule has 0 amide bonds. The van der Waals surface area contributed by atoms with Gasteiger partial charge in [-0.25, -0.2) is 0 Å². The number of carbonyl (C=O) groups excluding carboxylic acids is 1. The van der Waals surface area contributed by atoms with E-state index in [9.17, 15) is 13.2 Å². The predicted octanol–water partition coefficient (Wildman–Crippen LogP) is 3.77. The first-order valence-corrected chi connectivity index (χ1v) is 9.40. The Balaban J connectivity index is 3.36. The second-order valence-electron chi connectivity index (χ2n) is 4.83. The zero-order valence-corrected chi connectivity index (χ0v) is 16.0. The molecule has 5 nitrogen and oxygen atoms in total. The van der Waals surface area contributed by atoms with Gasteiger partial charge < -0.3 is 4.74 Å². The zero-order chi connectivity index (χ0) is 17.6. The van der Waals surface area contributed by atoms with E-state index in [2.05, 4.69) is 20.3 Å². The molecule has 0 bridgehead atoms. The highest BCUT2D eigenvalue weighted by atomic mass is 79.9. The molecule has 0 heterocycles. The Morgan fingerprint density at radius 1 is 1.22 bits per heavy atom. The lowest BCUT2D eigenvalue weighted by Crippen LogP contribution is -2.13. The van der Waals surface area contributed by atoms with Gasteiger partial charge in [0.2, 0.25) is 5.90 Å². The van der Waals surface area contributed by atoms with Crippen LogP contribution in [0.15, 0.2) is 43.6 Å². The first-order valence-electron chi connectivity index (χ1n) is 7.17. The molecule has 0 unspecified atom stereocenters. The molecule has 1 rings (SSSR count). The van der Waals surface area contributed by atoms with Gasteiger partial charge in [-0.05, 0) is 48.8 Å². The fourth-order valence-corrected chi connectivity index (χ4v) is 3.11. The molecule has 0 radical (unpaired) electrons. The summed E-state index contributed by atoms with van der Waals surface area (Å²) >= 11 is 3.19. The molecule has 0 aliphatic heterocycles. The van der Waals surface area contributed by atoms with E-state index in [-0.39, 0.29) is 27.7 Å². The van der Waals surface area contributed by atoms with E-state index >= 15 is 0 Å². The quantitative estimate of drug-likeness (QED) is 0.413. The fraction of sp³-hybridized carbons (Fsp3) is 0.375. The van der Waals surface area contributed by atoms with Crippen molar-refractivity contribution in [2.75, 3.05) is 6.61 Å². The predicted molar refractivity (Wildman–Crippen MR) is 94.4 cm³/mol. The second-order valence-corrected chi connectivity index (χ2v) is 7.23. The molecular formula is C16H20BrNO4S. The molecule has 0 aliphatic rings. The van der Waals surface area contributed by atoms with Crippen LogP contribution in [0.1, 0.15) is 32.8 Å².